The van der Waals surface area contributed by atoms with Gasteiger partial charge in [-0.3, -0.25) is 10.2 Å². The van der Waals surface area contributed by atoms with Crippen molar-refractivity contribution in [1.29, 1.82) is 0 Å². The first kappa shape index (κ1) is 15.3. The summed E-state index contributed by atoms with van der Waals surface area (Å²) < 4.78 is 10.7. The van der Waals surface area contributed by atoms with Gasteiger partial charge in [0.15, 0.2) is 0 Å². The van der Waals surface area contributed by atoms with Crippen molar-refractivity contribution in [1.82, 2.24) is 5.43 Å². The lowest BCUT2D eigenvalue weighted by Gasteiger charge is -2.15. The molecule has 5 heteroatoms. The number of nitrogens with two attached hydrogens (primary N) is 1. The molecule has 1 amide bonds. The van der Waals surface area contributed by atoms with Gasteiger partial charge in [0.05, 0.1) is 13.2 Å². The SMILES string of the molecule is CCCCOCCOC(CCC)C(=O)NN. The third-order valence-electron chi connectivity index (χ3n) is 2.17. The topological polar surface area (TPSA) is 73.6 Å². The molecule has 0 aliphatic rings. The Hall–Kier alpha value is -0.650. The average molecular weight is 232 g/mol. The van der Waals surface area contributed by atoms with Crippen molar-refractivity contribution in [2.75, 3.05) is 19.8 Å². The van der Waals surface area contributed by atoms with Gasteiger partial charge in [-0.05, 0) is 12.8 Å². The molecule has 0 aliphatic heterocycles. The molecule has 5 nitrogen and oxygen atoms in total. The van der Waals surface area contributed by atoms with E-state index in [2.05, 4.69) is 12.3 Å². The van der Waals surface area contributed by atoms with Crippen LogP contribution >= 0.6 is 0 Å². The van der Waals surface area contributed by atoms with E-state index in [0.29, 0.717) is 19.6 Å². The zero-order valence-electron chi connectivity index (χ0n) is 10.3. The van der Waals surface area contributed by atoms with E-state index in [1.54, 1.807) is 0 Å². The zero-order chi connectivity index (χ0) is 12.2. The van der Waals surface area contributed by atoms with Crippen LogP contribution in [0.4, 0.5) is 0 Å². The van der Waals surface area contributed by atoms with Crippen LogP contribution in [0.2, 0.25) is 0 Å². The molecule has 96 valence electrons. The van der Waals surface area contributed by atoms with E-state index in [4.69, 9.17) is 15.3 Å². The summed E-state index contributed by atoms with van der Waals surface area (Å²) >= 11 is 0. The lowest BCUT2D eigenvalue weighted by molar-refractivity contribution is -0.134. The molecular formula is C11H24N2O3. The summed E-state index contributed by atoms with van der Waals surface area (Å²) in [5.41, 5.74) is 2.11. The number of hydrogen-bond acceptors (Lipinski definition) is 4. The summed E-state index contributed by atoms with van der Waals surface area (Å²) in [7, 11) is 0. The molecule has 0 aromatic rings. The normalized spacial score (nSPS) is 12.4. The van der Waals surface area contributed by atoms with E-state index in [0.717, 1.165) is 25.9 Å². The van der Waals surface area contributed by atoms with Crippen molar-refractivity contribution in [3.8, 4) is 0 Å². The first-order valence-corrected chi connectivity index (χ1v) is 5.96. The largest absolute Gasteiger partial charge is 0.379 e. The number of rotatable bonds is 10. The minimum absolute atomic E-state index is 0.268. The van der Waals surface area contributed by atoms with Crippen LogP contribution in [0.3, 0.4) is 0 Å². The maximum Gasteiger partial charge on any atom is 0.262 e. The molecule has 16 heavy (non-hydrogen) atoms. The molecule has 0 spiro atoms. The van der Waals surface area contributed by atoms with Crippen LogP contribution < -0.4 is 11.3 Å². The monoisotopic (exact) mass is 232 g/mol. The van der Waals surface area contributed by atoms with E-state index in [9.17, 15) is 4.79 Å². The Bertz CT molecular complexity index is 177. The molecule has 0 rings (SSSR count). The molecule has 0 aromatic heterocycles. The Morgan fingerprint density at radius 1 is 1.25 bits per heavy atom. The molecule has 0 aliphatic carbocycles. The van der Waals surface area contributed by atoms with Gasteiger partial charge in [0.25, 0.3) is 5.91 Å². The number of hydrazine groups is 1. The fraction of sp³-hybridized carbons (Fsp3) is 0.909. The van der Waals surface area contributed by atoms with Gasteiger partial charge >= 0.3 is 0 Å². The van der Waals surface area contributed by atoms with Crippen molar-refractivity contribution >= 4 is 5.91 Å². The van der Waals surface area contributed by atoms with Gasteiger partial charge < -0.3 is 9.47 Å². The highest BCUT2D eigenvalue weighted by molar-refractivity contribution is 5.80. The van der Waals surface area contributed by atoms with Gasteiger partial charge in [0.2, 0.25) is 0 Å². The lowest BCUT2D eigenvalue weighted by atomic mass is 10.2. The van der Waals surface area contributed by atoms with E-state index in [1.165, 1.54) is 0 Å². The van der Waals surface area contributed by atoms with Gasteiger partial charge in [-0.25, -0.2) is 5.84 Å². The summed E-state index contributed by atoms with van der Waals surface area (Å²) in [4.78, 5) is 11.3. The fourth-order valence-electron chi connectivity index (χ4n) is 1.24. The van der Waals surface area contributed by atoms with Gasteiger partial charge in [0, 0.05) is 6.61 Å². The van der Waals surface area contributed by atoms with Crippen molar-refractivity contribution in [2.45, 2.75) is 45.6 Å². The second-order valence-corrected chi connectivity index (χ2v) is 3.62. The first-order chi connectivity index (χ1) is 7.76. The van der Waals surface area contributed by atoms with E-state index < -0.39 is 6.10 Å². The van der Waals surface area contributed by atoms with Crippen LogP contribution in [0.25, 0.3) is 0 Å². The number of amides is 1. The Morgan fingerprint density at radius 3 is 2.56 bits per heavy atom. The zero-order valence-corrected chi connectivity index (χ0v) is 10.3. The van der Waals surface area contributed by atoms with E-state index in [-0.39, 0.29) is 5.91 Å². The number of unbranched alkanes of at least 4 members (excludes halogenated alkanes) is 1. The molecule has 1 unspecified atom stereocenters. The van der Waals surface area contributed by atoms with Crippen LogP contribution in [-0.2, 0) is 14.3 Å². The molecular weight excluding hydrogens is 208 g/mol. The summed E-state index contributed by atoms with van der Waals surface area (Å²) in [5, 5.41) is 0. The van der Waals surface area contributed by atoms with Crippen molar-refractivity contribution in [2.24, 2.45) is 5.84 Å². The Labute approximate surface area is 97.6 Å². The summed E-state index contributed by atoms with van der Waals surface area (Å²) in [5.74, 6) is 4.79. The highest BCUT2D eigenvalue weighted by atomic mass is 16.5. The highest BCUT2D eigenvalue weighted by Crippen LogP contribution is 2.02. The Kier molecular flexibility index (Phi) is 10.4. The maximum atomic E-state index is 11.3. The van der Waals surface area contributed by atoms with Crippen molar-refractivity contribution in [3.63, 3.8) is 0 Å². The minimum atomic E-state index is -0.454. The van der Waals surface area contributed by atoms with Crippen molar-refractivity contribution < 1.29 is 14.3 Å². The maximum absolute atomic E-state index is 11.3. The van der Waals surface area contributed by atoms with Gasteiger partial charge in [-0.2, -0.15) is 0 Å². The number of carbonyl (C=O) groups excluding carboxylic acids is 1. The van der Waals surface area contributed by atoms with Crippen LogP contribution in [0.1, 0.15) is 39.5 Å². The third kappa shape index (κ3) is 7.62. The second-order valence-electron chi connectivity index (χ2n) is 3.62. The predicted molar refractivity (Wildman–Crippen MR) is 62.7 cm³/mol. The molecule has 0 bridgehead atoms. The second kappa shape index (κ2) is 10.9. The van der Waals surface area contributed by atoms with Crippen LogP contribution in [-0.4, -0.2) is 31.8 Å². The van der Waals surface area contributed by atoms with Crippen LogP contribution in [0.15, 0.2) is 0 Å². The number of carbonyl (C=O) groups is 1. The molecule has 0 saturated carbocycles. The number of hydrogen-bond donors (Lipinski definition) is 2. The highest BCUT2D eigenvalue weighted by Gasteiger charge is 2.16. The fourth-order valence-corrected chi connectivity index (χ4v) is 1.24. The molecule has 0 saturated heterocycles. The number of nitrogens with one attached hydrogen (secondary N) is 1. The third-order valence-corrected chi connectivity index (χ3v) is 2.17. The van der Waals surface area contributed by atoms with Gasteiger partial charge in [-0.15, -0.1) is 0 Å². The Balaban J connectivity index is 3.56. The average Bonchev–Trinajstić information content (AvgIpc) is 2.31. The van der Waals surface area contributed by atoms with E-state index in [1.807, 2.05) is 6.92 Å². The van der Waals surface area contributed by atoms with Crippen LogP contribution in [0.5, 0.6) is 0 Å². The molecule has 0 heterocycles. The van der Waals surface area contributed by atoms with Gasteiger partial charge in [-0.1, -0.05) is 26.7 Å². The van der Waals surface area contributed by atoms with Crippen molar-refractivity contribution in [3.05, 3.63) is 0 Å². The summed E-state index contributed by atoms with van der Waals surface area (Å²) in [6, 6.07) is 0. The molecule has 3 N–H and O–H groups in total. The lowest BCUT2D eigenvalue weighted by Crippen LogP contribution is -2.40. The first-order valence-electron chi connectivity index (χ1n) is 5.96. The summed E-state index contributed by atoms with van der Waals surface area (Å²) in [6.45, 7) is 5.82. The van der Waals surface area contributed by atoms with Crippen LogP contribution in [0, 0.1) is 0 Å². The smallest absolute Gasteiger partial charge is 0.262 e. The molecule has 0 fully saturated rings. The summed E-state index contributed by atoms with van der Waals surface area (Å²) in [6.07, 6.45) is 3.29. The molecule has 0 aromatic carbocycles. The quantitative estimate of drug-likeness (QED) is 0.255. The molecule has 1 atom stereocenters. The number of ether oxygens (including phenoxy) is 2. The Morgan fingerprint density at radius 2 is 2.00 bits per heavy atom. The standard InChI is InChI=1S/C11H24N2O3/c1-3-5-7-15-8-9-16-10(6-4-2)11(14)13-12/h10H,3-9,12H2,1-2H3,(H,13,14). The minimum Gasteiger partial charge on any atom is -0.379 e. The van der Waals surface area contributed by atoms with Gasteiger partial charge in [0.1, 0.15) is 6.10 Å². The molecule has 0 radical (unpaired) electrons. The van der Waals surface area contributed by atoms with E-state index >= 15 is 0 Å². The predicted octanol–water partition coefficient (Wildman–Crippen LogP) is 0.978.